The molecule has 0 aliphatic rings. The maximum atomic E-state index is 12.4. The predicted molar refractivity (Wildman–Crippen MR) is 107 cm³/mol. The molecule has 2 aromatic rings. The number of benzene rings is 2. The van der Waals surface area contributed by atoms with Crippen molar-refractivity contribution >= 4 is 33.8 Å². The van der Waals surface area contributed by atoms with Crippen LogP contribution >= 0.6 is 11.6 Å². The van der Waals surface area contributed by atoms with E-state index in [2.05, 4.69) is 0 Å². The Morgan fingerprint density at radius 3 is 2.46 bits per heavy atom. The molecule has 0 heterocycles. The Labute approximate surface area is 169 Å². The van der Waals surface area contributed by atoms with Crippen molar-refractivity contribution in [1.82, 2.24) is 0 Å². The summed E-state index contributed by atoms with van der Waals surface area (Å²) in [7, 11) is -2.65. The van der Waals surface area contributed by atoms with E-state index in [0.29, 0.717) is 17.2 Å². The summed E-state index contributed by atoms with van der Waals surface area (Å²) in [5.74, 6) is -0.211. The lowest BCUT2D eigenvalue weighted by Crippen LogP contribution is -2.10. The van der Waals surface area contributed by atoms with Crippen molar-refractivity contribution in [1.29, 1.82) is 0 Å². The first-order valence-electron chi connectivity index (χ1n) is 8.58. The highest BCUT2D eigenvalue weighted by Crippen LogP contribution is 2.31. The lowest BCUT2D eigenvalue weighted by Gasteiger charge is -2.11. The number of methoxy groups -OCH3 is 1. The zero-order chi connectivity index (χ0) is 20.6. The second-order valence-electron chi connectivity index (χ2n) is 5.76. The van der Waals surface area contributed by atoms with Gasteiger partial charge >= 0.3 is 16.1 Å². The maximum absolute atomic E-state index is 12.4. The second-order valence-corrected chi connectivity index (χ2v) is 7.74. The number of ether oxygens (including phenoxy) is 2. The minimum atomic E-state index is -4.04. The summed E-state index contributed by atoms with van der Waals surface area (Å²) in [6.45, 7) is 2.38. The van der Waals surface area contributed by atoms with Crippen LogP contribution in [0.3, 0.4) is 0 Å². The summed E-state index contributed by atoms with van der Waals surface area (Å²) in [6.07, 6.45) is 4.60. The highest BCUT2D eigenvalue weighted by atomic mass is 35.5. The molecule has 2 aromatic carbocycles. The van der Waals surface area contributed by atoms with Crippen LogP contribution in [0.5, 0.6) is 11.5 Å². The SMILES string of the molecule is CCCCOC(=O)C=Cc1ccc(OS(=O)(=O)c2ccc(Cl)cc2)c(OC)c1. The van der Waals surface area contributed by atoms with E-state index in [1.54, 1.807) is 18.2 Å². The first-order valence-corrected chi connectivity index (χ1v) is 10.4. The number of unbranched alkanes of at least 4 members (excludes halogenated alkanes) is 1. The van der Waals surface area contributed by atoms with Gasteiger partial charge in [-0.2, -0.15) is 8.42 Å². The molecular weight excluding hydrogens is 404 g/mol. The fourth-order valence-corrected chi connectivity index (χ4v) is 3.22. The average Bonchev–Trinajstić information content (AvgIpc) is 2.67. The molecule has 0 aromatic heterocycles. The molecule has 0 saturated carbocycles. The molecular formula is C20H21ClO6S. The van der Waals surface area contributed by atoms with E-state index in [4.69, 9.17) is 25.3 Å². The van der Waals surface area contributed by atoms with Gasteiger partial charge in [0.25, 0.3) is 0 Å². The zero-order valence-corrected chi connectivity index (χ0v) is 17.1. The Morgan fingerprint density at radius 2 is 1.82 bits per heavy atom. The van der Waals surface area contributed by atoms with Crippen molar-refractivity contribution < 1.29 is 26.9 Å². The van der Waals surface area contributed by atoms with E-state index >= 15 is 0 Å². The fraction of sp³-hybridized carbons (Fsp3) is 0.250. The molecule has 0 aliphatic carbocycles. The molecule has 0 spiro atoms. The van der Waals surface area contributed by atoms with Crippen LogP contribution in [0.2, 0.25) is 5.02 Å². The third-order valence-corrected chi connectivity index (χ3v) is 5.14. The van der Waals surface area contributed by atoms with Crippen LogP contribution in [-0.2, 0) is 19.6 Å². The Hall–Kier alpha value is -2.51. The lowest BCUT2D eigenvalue weighted by molar-refractivity contribution is -0.137. The van der Waals surface area contributed by atoms with Gasteiger partial charge in [-0.3, -0.25) is 0 Å². The number of halogens is 1. The molecule has 0 saturated heterocycles. The summed E-state index contributed by atoms with van der Waals surface area (Å²) < 4.78 is 40.3. The van der Waals surface area contributed by atoms with Gasteiger partial charge in [-0.1, -0.05) is 31.0 Å². The number of esters is 1. The van der Waals surface area contributed by atoms with Crippen LogP contribution in [0.15, 0.2) is 53.4 Å². The van der Waals surface area contributed by atoms with Crippen molar-refractivity contribution in [2.75, 3.05) is 13.7 Å². The zero-order valence-electron chi connectivity index (χ0n) is 15.6. The van der Waals surface area contributed by atoms with Crippen LogP contribution in [0.25, 0.3) is 6.08 Å². The molecule has 0 fully saturated rings. The molecule has 0 amide bonds. The number of carbonyl (C=O) groups is 1. The van der Waals surface area contributed by atoms with Crippen LogP contribution < -0.4 is 8.92 Å². The maximum Gasteiger partial charge on any atom is 0.339 e. The molecule has 150 valence electrons. The van der Waals surface area contributed by atoms with Gasteiger partial charge in [-0.25, -0.2) is 4.79 Å². The van der Waals surface area contributed by atoms with Crippen molar-refractivity contribution in [2.24, 2.45) is 0 Å². The van der Waals surface area contributed by atoms with Crippen LogP contribution in [0, 0.1) is 0 Å². The molecule has 0 radical (unpaired) electrons. The molecule has 6 nitrogen and oxygen atoms in total. The predicted octanol–water partition coefficient (Wildman–Crippen LogP) is 4.47. The first-order chi connectivity index (χ1) is 13.4. The molecule has 0 aliphatic heterocycles. The van der Waals surface area contributed by atoms with Crippen LogP contribution in [-0.4, -0.2) is 28.1 Å². The van der Waals surface area contributed by atoms with Gasteiger partial charge in [0.2, 0.25) is 0 Å². The molecule has 2 rings (SSSR count). The van der Waals surface area contributed by atoms with Crippen molar-refractivity contribution in [3.8, 4) is 11.5 Å². The van der Waals surface area contributed by atoms with Crippen molar-refractivity contribution in [3.63, 3.8) is 0 Å². The normalized spacial score (nSPS) is 11.4. The molecule has 28 heavy (non-hydrogen) atoms. The summed E-state index contributed by atoms with van der Waals surface area (Å²) in [5.41, 5.74) is 0.625. The van der Waals surface area contributed by atoms with Gasteiger partial charge in [0.1, 0.15) is 4.90 Å². The topological polar surface area (TPSA) is 78.9 Å². The minimum absolute atomic E-state index is 0.0279. The van der Waals surface area contributed by atoms with Crippen molar-refractivity contribution in [2.45, 2.75) is 24.7 Å². The van der Waals surface area contributed by atoms with E-state index < -0.39 is 16.1 Å². The van der Waals surface area contributed by atoms with Gasteiger partial charge in [0.05, 0.1) is 13.7 Å². The summed E-state index contributed by atoms with van der Waals surface area (Å²) >= 11 is 5.78. The molecule has 0 unspecified atom stereocenters. The third kappa shape index (κ3) is 6.28. The summed E-state index contributed by atoms with van der Waals surface area (Å²) in [6, 6.07) is 10.2. The smallest absolute Gasteiger partial charge is 0.339 e. The number of hydrogen-bond acceptors (Lipinski definition) is 6. The average molecular weight is 425 g/mol. The Morgan fingerprint density at radius 1 is 1.11 bits per heavy atom. The number of rotatable bonds is 9. The highest BCUT2D eigenvalue weighted by Gasteiger charge is 2.19. The van der Waals surface area contributed by atoms with Gasteiger partial charge in [0.15, 0.2) is 11.5 Å². The van der Waals surface area contributed by atoms with Gasteiger partial charge in [-0.15, -0.1) is 0 Å². The first kappa shape index (κ1) is 21.8. The standard InChI is InChI=1S/C20H21ClO6S/c1-3-4-13-26-20(22)12-6-15-5-11-18(19(14-15)25-2)27-28(23,24)17-9-7-16(21)8-10-17/h5-12,14H,3-4,13H2,1-2H3. The summed E-state index contributed by atoms with van der Waals surface area (Å²) in [4.78, 5) is 11.6. The van der Waals surface area contributed by atoms with E-state index in [1.807, 2.05) is 6.92 Å². The van der Waals surface area contributed by atoms with E-state index in [9.17, 15) is 13.2 Å². The monoisotopic (exact) mass is 424 g/mol. The molecule has 0 bridgehead atoms. The highest BCUT2D eigenvalue weighted by molar-refractivity contribution is 7.87. The van der Waals surface area contributed by atoms with E-state index in [0.717, 1.165) is 12.8 Å². The second kappa shape index (κ2) is 10.1. The number of hydrogen-bond donors (Lipinski definition) is 0. The lowest BCUT2D eigenvalue weighted by atomic mass is 10.2. The van der Waals surface area contributed by atoms with Crippen LogP contribution in [0.1, 0.15) is 25.3 Å². The largest absolute Gasteiger partial charge is 0.493 e. The minimum Gasteiger partial charge on any atom is -0.493 e. The molecule has 8 heteroatoms. The Bertz CT molecular complexity index is 936. The Balaban J connectivity index is 2.14. The van der Waals surface area contributed by atoms with Crippen LogP contribution in [0.4, 0.5) is 0 Å². The summed E-state index contributed by atoms with van der Waals surface area (Å²) in [5, 5.41) is 0.417. The van der Waals surface area contributed by atoms with E-state index in [1.165, 1.54) is 43.5 Å². The molecule has 0 N–H and O–H groups in total. The van der Waals surface area contributed by atoms with E-state index in [-0.39, 0.29) is 16.4 Å². The van der Waals surface area contributed by atoms with Gasteiger partial charge < -0.3 is 13.7 Å². The van der Waals surface area contributed by atoms with Gasteiger partial charge in [0, 0.05) is 11.1 Å². The van der Waals surface area contributed by atoms with Gasteiger partial charge in [-0.05, 0) is 54.5 Å². The third-order valence-electron chi connectivity index (χ3n) is 3.64. The quantitative estimate of drug-likeness (QED) is 0.256. The fourth-order valence-electron chi connectivity index (χ4n) is 2.15. The van der Waals surface area contributed by atoms with Crippen molar-refractivity contribution in [3.05, 3.63) is 59.1 Å². The number of carbonyl (C=O) groups excluding carboxylic acids is 1. The molecule has 0 atom stereocenters. The Kier molecular flexibility index (Phi) is 7.90.